The molecule has 0 atom stereocenters. The molecule has 3 rings (SSSR count). The molecule has 3 aromatic rings. The predicted molar refractivity (Wildman–Crippen MR) is 108 cm³/mol. The first-order chi connectivity index (χ1) is 14.8. The van der Waals surface area contributed by atoms with Crippen LogP contribution in [0.3, 0.4) is 0 Å². The van der Waals surface area contributed by atoms with Crippen LogP contribution in [0.4, 0.5) is 5.69 Å². The van der Waals surface area contributed by atoms with E-state index in [0.29, 0.717) is 25.0 Å². The fraction of sp³-hybridized carbons (Fsp3) is 0.200. The minimum Gasteiger partial charge on any atom is -0.494 e. The van der Waals surface area contributed by atoms with Crippen LogP contribution in [0.2, 0.25) is 0 Å². The molecule has 0 spiro atoms. The molecule has 0 aliphatic heterocycles. The van der Waals surface area contributed by atoms with Crippen LogP contribution in [-0.2, 0) is 11.3 Å². The molecule has 11 heteroatoms. The SMILES string of the molecule is COCCCn1c(O)c2ccc(C(=O)N=NC(=O)c3cccc([N+](=O)[O-])c3)cc2c1O. The van der Waals surface area contributed by atoms with Gasteiger partial charge < -0.3 is 14.9 Å². The molecular formula is C20H18N4O7. The van der Waals surface area contributed by atoms with Gasteiger partial charge in [-0.3, -0.25) is 24.3 Å². The Morgan fingerprint density at radius 2 is 1.68 bits per heavy atom. The van der Waals surface area contributed by atoms with Crippen LogP contribution in [0.1, 0.15) is 27.1 Å². The third-order valence-corrected chi connectivity index (χ3v) is 4.53. The van der Waals surface area contributed by atoms with E-state index in [-0.39, 0.29) is 34.0 Å². The van der Waals surface area contributed by atoms with Gasteiger partial charge in [0.25, 0.3) is 17.5 Å². The van der Waals surface area contributed by atoms with Crippen molar-refractivity contribution >= 4 is 28.3 Å². The Bertz CT molecular complexity index is 1200. The van der Waals surface area contributed by atoms with Crippen molar-refractivity contribution in [3.05, 3.63) is 63.7 Å². The van der Waals surface area contributed by atoms with Crippen molar-refractivity contribution in [2.24, 2.45) is 10.2 Å². The first-order valence-corrected chi connectivity index (χ1v) is 9.11. The largest absolute Gasteiger partial charge is 0.494 e. The van der Waals surface area contributed by atoms with Gasteiger partial charge in [0, 0.05) is 48.7 Å². The third kappa shape index (κ3) is 4.56. The normalized spacial score (nSPS) is 11.3. The molecule has 31 heavy (non-hydrogen) atoms. The summed E-state index contributed by atoms with van der Waals surface area (Å²) in [6.45, 7) is 0.747. The van der Waals surface area contributed by atoms with Gasteiger partial charge in [-0.15, -0.1) is 10.2 Å². The van der Waals surface area contributed by atoms with E-state index in [0.717, 1.165) is 6.07 Å². The molecule has 11 nitrogen and oxygen atoms in total. The smallest absolute Gasteiger partial charge is 0.295 e. The van der Waals surface area contributed by atoms with E-state index >= 15 is 0 Å². The van der Waals surface area contributed by atoms with Gasteiger partial charge in [0.05, 0.1) is 10.5 Å². The zero-order valence-electron chi connectivity index (χ0n) is 16.4. The van der Waals surface area contributed by atoms with E-state index in [1.807, 2.05) is 0 Å². The van der Waals surface area contributed by atoms with Crippen LogP contribution in [0.15, 0.2) is 52.7 Å². The molecule has 0 aliphatic rings. The van der Waals surface area contributed by atoms with E-state index in [9.17, 15) is 29.9 Å². The fourth-order valence-corrected chi connectivity index (χ4v) is 2.99. The molecule has 1 heterocycles. The first kappa shape index (κ1) is 21.6. The Balaban J connectivity index is 1.82. The molecule has 160 valence electrons. The van der Waals surface area contributed by atoms with Crippen molar-refractivity contribution in [2.45, 2.75) is 13.0 Å². The highest BCUT2D eigenvalue weighted by atomic mass is 16.6. The molecule has 0 saturated heterocycles. The fourth-order valence-electron chi connectivity index (χ4n) is 2.99. The number of aromatic nitrogens is 1. The number of non-ortho nitro benzene ring substituents is 1. The highest BCUT2D eigenvalue weighted by molar-refractivity contribution is 6.03. The lowest BCUT2D eigenvalue weighted by molar-refractivity contribution is -0.384. The second-order valence-electron chi connectivity index (χ2n) is 6.52. The number of nitro groups is 1. The summed E-state index contributed by atoms with van der Waals surface area (Å²) in [4.78, 5) is 34.5. The molecule has 2 aromatic carbocycles. The lowest BCUT2D eigenvalue weighted by atomic mass is 10.1. The Morgan fingerprint density at radius 3 is 2.32 bits per heavy atom. The number of rotatable bonds is 7. The zero-order valence-corrected chi connectivity index (χ0v) is 16.4. The summed E-state index contributed by atoms with van der Waals surface area (Å²) < 4.78 is 6.26. The van der Waals surface area contributed by atoms with Crippen molar-refractivity contribution in [1.82, 2.24) is 4.57 Å². The Hall–Kier alpha value is -4.12. The highest BCUT2D eigenvalue weighted by Gasteiger charge is 2.18. The zero-order chi connectivity index (χ0) is 22.5. The van der Waals surface area contributed by atoms with Gasteiger partial charge in [-0.2, -0.15) is 0 Å². The van der Waals surface area contributed by atoms with E-state index in [1.165, 1.54) is 41.0 Å². The topological polar surface area (TPSA) is 157 Å². The van der Waals surface area contributed by atoms with Crippen molar-refractivity contribution in [3.8, 4) is 11.8 Å². The number of carbonyl (C=O) groups is 2. The third-order valence-electron chi connectivity index (χ3n) is 4.53. The number of hydrogen-bond donors (Lipinski definition) is 2. The van der Waals surface area contributed by atoms with Crippen molar-refractivity contribution in [2.75, 3.05) is 13.7 Å². The Morgan fingerprint density at radius 1 is 1.03 bits per heavy atom. The number of nitrogens with zero attached hydrogens (tertiary/aromatic N) is 4. The number of amides is 2. The molecule has 0 radical (unpaired) electrons. The van der Waals surface area contributed by atoms with Gasteiger partial charge >= 0.3 is 0 Å². The molecule has 1 aromatic heterocycles. The minimum absolute atomic E-state index is 0.0347. The summed E-state index contributed by atoms with van der Waals surface area (Å²) in [5.74, 6) is -2.14. The molecule has 0 saturated carbocycles. The number of aromatic hydroxyl groups is 2. The van der Waals surface area contributed by atoms with Crippen LogP contribution in [0, 0.1) is 10.1 Å². The number of fused-ring (bicyclic) bond motifs is 1. The summed E-state index contributed by atoms with van der Waals surface area (Å²) in [7, 11) is 1.54. The molecule has 2 amide bonds. The monoisotopic (exact) mass is 426 g/mol. The maximum absolute atomic E-state index is 12.3. The van der Waals surface area contributed by atoms with Crippen molar-refractivity contribution < 1.29 is 29.5 Å². The number of ether oxygens (including phenoxy) is 1. The van der Waals surface area contributed by atoms with Crippen molar-refractivity contribution in [3.63, 3.8) is 0 Å². The van der Waals surface area contributed by atoms with E-state index < -0.39 is 16.7 Å². The standard InChI is InChI=1S/C20H18N4O7/c1-31-9-3-8-23-19(27)15-7-6-13(11-16(15)20(23)28)18(26)22-21-17(25)12-4-2-5-14(10-12)24(29)30/h2,4-7,10-11,27-28H,3,8-9H2,1H3. The predicted octanol–water partition coefficient (Wildman–Crippen LogP) is 3.43. The van der Waals surface area contributed by atoms with Gasteiger partial charge in [-0.05, 0) is 30.7 Å². The average Bonchev–Trinajstić information content (AvgIpc) is 3.01. The molecule has 2 N–H and O–H groups in total. The molecule has 0 unspecified atom stereocenters. The number of nitro benzene ring substituents is 1. The van der Waals surface area contributed by atoms with E-state index in [1.54, 1.807) is 7.11 Å². The lowest BCUT2D eigenvalue weighted by Gasteiger charge is -2.05. The summed E-state index contributed by atoms with van der Waals surface area (Å²) >= 11 is 0. The lowest BCUT2D eigenvalue weighted by Crippen LogP contribution is -2.00. The number of carbonyl (C=O) groups excluding carboxylic acids is 2. The summed E-state index contributed by atoms with van der Waals surface area (Å²) in [6, 6.07) is 9.04. The Labute approximate surface area is 175 Å². The minimum atomic E-state index is -0.914. The van der Waals surface area contributed by atoms with Gasteiger partial charge in [-0.25, -0.2) is 0 Å². The summed E-state index contributed by atoms with van der Waals surface area (Å²) in [6.07, 6.45) is 0.554. The van der Waals surface area contributed by atoms with Gasteiger partial charge in [0.15, 0.2) is 0 Å². The Kier molecular flexibility index (Phi) is 6.36. The van der Waals surface area contributed by atoms with Gasteiger partial charge in [-0.1, -0.05) is 6.07 Å². The number of benzene rings is 2. The molecule has 0 bridgehead atoms. The summed E-state index contributed by atoms with van der Waals surface area (Å²) in [5, 5.41) is 38.8. The van der Waals surface area contributed by atoms with Gasteiger partial charge in [0.1, 0.15) is 0 Å². The van der Waals surface area contributed by atoms with Crippen molar-refractivity contribution in [1.29, 1.82) is 0 Å². The van der Waals surface area contributed by atoms with Crippen LogP contribution in [-0.4, -0.2) is 45.2 Å². The van der Waals surface area contributed by atoms with Crippen LogP contribution in [0.25, 0.3) is 10.8 Å². The number of hydrogen-bond acceptors (Lipinski definition) is 7. The van der Waals surface area contributed by atoms with E-state index in [4.69, 9.17) is 4.74 Å². The number of methoxy groups -OCH3 is 1. The second kappa shape index (κ2) is 9.13. The van der Waals surface area contributed by atoms with E-state index in [2.05, 4.69) is 10.2 Å². The van der Waals surface area contributed by atoms with Gasteiger partial charge in [0.2, 0.25) is 11.8 Å². The van der Waals surface area contributed by atoms with Crippen LogP contribution in [0.5, 0.6) is 11.8 Å². The van der Waals surface area contributed by atoms with Crippen LogP contribution < -0.4 is 0 Å². The first-order valence-electron chi connectivity index (χ1n) is 9.11. The second-order valence-corrected chi connectivity index (χ2v) is 6.52. The number of azo groups is 1. The maximum Gasteiger partial charge on any atom is 0.295 e. The van der Waals surface area contributed by atoms with Crippen LogP contribution >= 0.6 is 0 Å². The maximum atomic E-state index is 12.3. The molecule has 0 fully saturated rings. The quantitative estimate of drug-likeness (QED) is 0.253. The molecular weight excluding hydrogens is 408 g/mol. The summed E-state index contributed by atoms with van der Waals surface area (Å²) in [5.41, 5.74) is -0.340. The highest BCUT2D eigenvalue weighted by Crippen LogP contribution is 2.37. The molecule has 0 aliphatic carbocycles. The average molecular weight is 426 g/mol.